The number of hydrogen-bond acceptors (Lipinski definition) is 7. The van der Waals surface area contributed by atoms with E-state index < -0.39 is 5.72 Å². The number of amides is 1. The Morgan fingerprint density at radius 2 is 2.04 bits per heavy atom. The van der Waals surface area contributed by atoms with Gasteiger partial charge in [0.1, 0.15) is 0 Å². The SMILES string of the molecule is CCSc1nnc2c(n1)O[C@@]1(Nc3ccccc3-2)C(=O)Nc2ccc(Br)cc21. The first-order chi connectivity index (χ1) is 13.6. The maximum absolute atomic E-state index is 13.1. The van der Waals surface area contributed by atoms with Crippen LogP contribution in [0, 0.1) is 0 Å². The lowest BCUT2D eigenvalue weighted by molar-refractivity contribution is -0.128. The van der Waals surface area contributed by atoms with Gasteiger partial charge >= 0.3 is 0 Å². The van der Waals surface area contributed by atoms with Crippen molar-refractivity contribution in [2.24, 2.45) is 0 Å². The molecule has 1 aromatic heterocycles. The number of hydrogen-bond donors (Lipinski definition) is 2. The first kappa shape index (κ1) is 17.4. The molecule has 3 aromatic rings. The molecular formula is C19H14BrN5O2S. The summed E-state index contributed by atoms with van der Waals surface area (Å²) in [6.07, 6.45) is 0. The van der Waals surface area contributed by atoms with Crippen LogP contribution in [-0.2, 0) is 10.5 Å². The molecule has 9 heteroatoms. The fraction of sp³-hybridized carbons (Fsp3) is 0.158. The number of ether oxygens (including phenoxy) is 1. The smallest absolute Gasteiger partial charge is 0.295 e. The first-order valence-electron chi connectivity index (χ1n) is 8.66. The quantitative estimate of drug-likeness (QED) is 0.563. The number of nitrogens with one attached hydrogen (secondary N) is 2. The largest absolute Gasteiger partial charge is 0.435 e. The van der Waals surface area contributed by atoms with Gasteiger partial charge in [-0.15, -0.1) is 10.2 Å². The number of carbonyl (C=O) groups is 1. The normalized spacial score (nSPS) is 19.0. The van der Waals surface area contributed by atoms with Crippen LogP contribution in [0.25, 0.3) is 11.3 Å². The fourth-order valence-electron chi connectivity index (χ4n) is 3.36. The summed E-state index contributed by atoms with van der Waals surface area (Å²) in [6.45, 7) is 2.01. The number of carbonyl (C=O) groups excluding carboxylic acids is 1. The average molecular weight is 456 g/mol. The predicted molar refractivity (Wildman–Crippen MR) is 110 cm³/mol. The molecule has 2 N–H and O–H groups in total. The van der Waals surface area contributed by atoms with Crippen LogP contribution < -0.4 is 15.4 Å². The zero-order valence-electron chi connectivity index (χ0n) is 14.7. The Morgan fingerprint density at radius 1 is 1.18 bits per heavy atom. The molecule has 0 saturated carbocycles. The lowest BCUT2D eigenvalue weighted by Gasteiger charge is -2.28. The van der Waals surface area contributed by atoms with Crippen molar-refractivity contribution in [3.8, 4) is 17.1 Å². The van der Waals surface area contributed by atoms with Crippen molar-refractivity contribution in [1.82, 2.24) is 15.2 Å². The third-order valence-electron chi connectivity index (χ3n) is 4.58. The summed E-state index contributed by atoms with van der Waals surface area (Å²) in [4.78, 5) is 17.7. The first-order valence-corrected chi connectivity index (χ1v) is 10.4. The van der Waals surface area contributed by atoms with E-state index in [0.717, 1.165) is 21.5 Å². The van der Waals surface area contributed by atoms with Crippen molar-refractivity contribution in [3.05, 3.63) is 52.5 Å². The molecule has 0 unspecified atom stereocenters. The summed E-state index contributed by atoms with van der Waals surface area (Å²) < 4.78 is 7.14. The molecule has 0 fully saturated rings. The van der Waals surface area contributed by atoms with E-state index in [-0.39, 0.29) is 11.8 Å². The summed E-state index contributed by atoms with van der Waals surface area (Å²) in [5.74, 6) is 0.759. The molecule has 0 radical (unpaired) electrons. The van der Waals surface area contributed by atoms with Crippen LogP contribution in [0.3, 0.4) is 0 Å². The maximum atomic E-state index is 13.1. The van der Waals surface area contributed by atoms with E-state index in [1.165, 1.54) is 11.8 Å². The van der Waals surface area contributed by atoms with E-state index in [1.807, 2.05) is 49.4 Å². The minimum atomic E-state index is -1.45. The van der Waals surface area contributed by atoms with Gasteiger partial charge in [0.15, 0.2) is 5.69 Å². The molecule has 28 heavy (non-hydrogen) atoms. The van der Waals surface area contributed by atoms with Crippen LogP contribution in [0.4, 0.5) is 11.4 Å². The molecule has 3 heterocycles. The van der Waals surface area contributed by atoms with Gasteiger partial charge in [-0.2, -0.15) is 4.98 Å². The van der Waals surface area contributed by atoms with Gasteiger partial charge in [-0.25, -0.2) is 0 Å². The predicted octanol–water partition coefficient (Wildman–Crippen LogP) is 4.02. The molecule has 1 spiro atoms. The Labute approximate surface area is 173 Å². The van der Waals surface area contributed by atoms with Gasteiger partial charge in [0.25, 0.3) is 11.6 Å². The zero-order chi connectivity index (χ0) is 19.3. The number of aromatic nitrogens is 3. The third kappa shape index (κ3) is 2.57. The summed E-state index contributed by atoms with van der Waals surface area (Å²) in [5, 5.41) is 15.3. The van der Waals surface area contributed by atoms with Gasteiger partial charge in [0.05, 0.1) is 11.3 Å². The molecular weight excluding hydrogens is 442 g/mol. The van der Waals surface area contributed by atoms with E-state index in [0.29, 0.717) is 22.1 Å². The molecule has 0 aliphatic carbocycles. The number of halogens is 1. The number of para-hydroxylation sites is 1. The van der Waals surface area contributed by atoms with Crippen molar-refractivity contribution >= 4 is 45.0 Å². The molecule has 0 bridgehead atoms. The molecule has 2 aromatic carbocycles. The lowest BCUT2D eigenvalue weighted by atomic mass is 10.0. The van der Waals surface area contributed by atoms with Gasteiger partial charge in [0, 0.05) is 15.7 Å². The van der Waals surface area contributed by atoms with E-state index >= 15 is 0 Å². The summed E-state index contributed by atoms with van der Waals surface area (Å²) in [6, 6.07) is 13.2. The summed E-state index contributed by atoms with van der Waals surface area (Å²) >= 11 is 4.95. The zero-order valence-corrected chi connectivity index (χ0v) is 17.1. The Balaban J connectivity index is 1.77. The van der Waals surface area contributed by atoms with E-state index in [4.69, 9.17) is 4.74 Å². The molecule has 140 valence electrons. The molecule has 0 saturated heterocycles. The second-order valence-electron chi connectivity index (χ2n) is 6.28. The van der Waals surface area contributed by atoms with Crippen LogP contribution in [0.5, 0.6) is 5.88 Å². The van der Waals surface area contributed by atoms with E-state index in [1.54, 1.807) is 0 Å². The highest BCUT2D eigenvalue weighted by Crippen LogP contribution is 2.47. The number of nitrogens with zero attached hydrogens (tertiary/aromatic N) is 3. The van der Waals surface area contributed by atoms with Crippen LogP contribution in [0.15, 0.2) is 52.1 Å². The minimum Gasteiger partial charge on any atom is -0.435 e. The van der Waals surface area contributed by atoms with Crippen molar-refractivity contribution in [2.75, 3.05) is 16.4 Å². The van der Waals surface area contributed by atoms with Crippen LogP contribution in [0.2, 0.25) is 0 Å². The third-order valence-corrected chi connectivity index (χ3v) is 5.79. The second-order valence-corrected chi connectivity index (χ2v) is 8.43. The molecule has 2 aliphatic rings. The molecule has 1 amide bonds. The fourth-order valence-corrected chi connectivity index (χ4v) is 4.23. The Bertz CT molecular complexity index is 1130. The topological polar surface area (TPSA) is 89.0 Å². The number of thioether (sulfide) groups is 1. The number of benzene rings is 2. The highest BCUT2D eigenvalue weighted by molar-refractivity contribution is 9.10. The second kappa shape index (κ2) is 6.46. The highest BCUT2D eigenvalue weighted by atomic mass is 79.9. The monoisotopic (exact) mass is 455 g/mol. The number of rotatable bonds is 2. The summed E-state index contributed by atoms with van der Waals surface area (Å²) in [7, 11) is 0. The van der Waals surface area contributed by atoms with Crippen LogP contribution in [0.1, 0.15) is 12.5 Å². The van der Waals surface area contributed by atoms with Crippen LogP contribution in [-0.4, -0.2) is 26.8 Å². The number of fused-ring (bicyclic) bond motifs is 5. The molecule has 7 nitrogen and oxygen atoms in total. The van der Waals surface area contributed by atoms with E-state index in [2.05, 4.69) is 41.7 Å². The van der Waals surface area contributed by atoms with Crippen LogP contribution >= 0.6 is 27.7 Å². The minimum absolute atomic E-state index is 0.270. The van der Waals surface area contributed by atoms with Gasteiger partial charge in [-0.3, -0.25) is 4.79 Å². The highest BCUT2D eigenvalue weighted by Gasteiger charge is 2.52. The van der Waals surface area contributed by atoms with Crippen molar-refractivity contribution in [1.29, 1.82) is 0 Å². The van der Waals surface area contributed by atoms with Gasteiger partial charge in [0.2, 0.25) is 11.0 Å². The summed E-state index contributed by atoms with van der Waals surface area (Å²) in [5.41, 5.74) is 1.90. The Morgan fingerprint density at radius 3 is 2.89 bits per heavy atom. The van der Waals surface area contributed by atoms with Crippen molar-refractivity contribution in [2.45, 2.75) is 17.8 Å². The molecule has 1 atom stereocenters. The maximum Gasteiger partial charge on any atom is 0.295 e. The van der Waals surface area contributed by atoms with Crippen molar-refractivity contribution in [3.63, 3.8) is 0 Å². The Hall–Kier alpha value is -2.65. The van der Waals surface area contributed by atoms with Gasteiger partial charge in [-0.05, 0) is 30.0 Å². The van der Waals surface area contributed by atoms with E-state index in [9.17, 15) is 4.79 Å². The molecule has 5 rings (SSSR count). The van der Waals surface area contributed by atoms with Gasteiger partial charge in [-0.1, -0.05) is 52.8 Å². The average Bonchev–Trinajstić information content (AvgIpc) is 2.85. The van der Waals surface area contributed by atoms with Gasteiger partial charge < -0.3 is 15.4 Å². The standard InChI is InChI=1S/C19H14BrN5O2S/c1-2-28-18-22-16-15(24-25-18)11-5-3-4-6-13(11)23-19(27-16)12-9-10(20)7-8-14(12)21-17(19)26/h3-9,23H,2H2,1H3,(H,21,26)/t19-/m1/s1. The number of anilines is 2. The lowest BCUT2D eigenvalue weighted by Crippen LogP contribution is -2.47. The Kier molecular flexibility index (Phi) is 4.02. The molecule has 2 aliphatic heterocycles. The van der Waals surface area contributed by atoms with Crippen molar-refractivity contribution < 1.29 is 9.53 Å².